The lowest BCUT2D eigenvalue weighted by atomic mass is 9.91. The fourth-order valence-corrected chi connectivity index (χ4v) is 4.94. The fraction of sp³-hybridized carbons (Fsp3) is 0.519. The van der Waals surface area contributed by atoms with Crippen LogP contribution < -0.4 is 9.47 Å². The molecule has 2 fully saturated rings. The van der Waals surface area contributed by atoms with Crippen molar-refractivity contribution >= 4 is 5.78 Å². The number of carbonyl (C=O) groups excluding carboxylic acids is 1. The van der Waals surface area contributed by atoms with Gasteiger partial charge in [-0.05, 0) is 43.0 Å². The first-order chi connectivity index (χ1) is 16.2. The van der Waals surface area contributed by atoms with E-state index in [1.807, 2.05) is 18.2 Å². The summed E-state index contributed by atoms with van der Waals surface area (Å²) in [5.74, 6) is 1.13. The molecule has 2 aromatic carbocycles. The summed E-state index contributed by atoms with van der Waals surface area (Å²) >= 11 is 0. The highest BCUT2D eigenvalue weighted by atomic mass is 16.5. The lowest BCUT2D eigenvalue weighted by molar-refractivity contribution is -0.0301. The molecule has 0 radical (unpaired) electrons. The van der Waals surface area contributed by atoms with E-state index < -0.39 is 0 Å². The van der Waals surface area contributed by atoms with Crippen LogP contribution in [0.4, 0.5) is 0 Å². The second-order valence-electron chi connectivity index (χ2n) is 8.90. The van der Waals surface area contributed by atoms with Gasteiger partial charge in [0.05, 0.1) is 33.0 Å². The Morgan fingerprint density at radius 1 is 0.939 bits per heavy atom. The van der Waals surface area contributed by atoms with Gasteiger partial charge in [-0.2, -0.15) is 0 Å². The number of Topliss-reactive ketones (excluding diaryl/α,β-unsaturated/α-hetero) is 1. The molecule has 1 aliphatic carbocycles. The Morgan fingerprint density at radius 2 is 1.73 bits per heavy atom. The summed E-state index contributed by atoms with van der Waals surface area (Å²) in [4.78, 5) is 15.3. The minimum absolute atomic E-state index is 0.0363. The van der Waals surface area contributed by atoms with Crippen LogP contribution in [0.15, 0.2) is 48.5 Å². The van der Waals surface area contributed by atoms with E-state index in [1.54, 1.807) is 32.4 Å². The standard InChI is InChI=1S/C27H35NO5/c1-30-26-13-12-21(16-27(26)31-2)24(29)19-33-25-11-7-6-10-23(25)28-15-14-22(17-28)32-18-20-8-4-3-5-9-20/h3-5,8-9,12-13,16,22-23,25H,6-7,10-11,14-15,17-19H2,1-2H3/t22-,23?,25-/m1/s1. The Labute approximate surface area is 196 Å². The van der Waals surface area contributed by atoms with Crippen molar-refractivity contribution in [3.05, 3.63) is 59.7 Å². The predicted molar refractivity (Wildman–Crippen MR) is 127 cm³/mol. The molecule has 0 N–H and O–H groups in total. The van der Waals surface area contributed by atoms with E-state index in [1.165, 1.54) is 12.0 Å². The van der Waals surface area contributed by atoms with Gasteiger partial charge in [-0.3, -0.25) is 9.69 Å². The molecular weight excluding hydrogens is 418 g/mol. The van der Waals surface area contributed by atoms with Gasteiger partial charge in [0.15, 0.2) is 17.3 Å². The van der Waals surface area contributed by atoms with Crippen molar-refractivity contribution in [3.8, 4) is 11.5 Å². The number of hydrogen-bond acceptors (Lipinski definition) is 6. The van der Waals surface area contributed by atoms with Gasteiger partial charge in [0, 0.05) is 24.7 Å². The maximum Gasteiger partial charge on any atom is 0.188 e. The van der Waals surface area contributed by atoms with Crippen LogP contribution in [-0.4, -0.2) is 62.8 Å². The highest BCUT2D eigenvalue weighted by Gasteiger charge is 2.35. The van der Waals surface area contributed by atoms with Crippen molar-refractivity contribution in [2.24, 2.45) is 0 Å². The number of ketones is 1. The molecule has 4 rings (SSSR count). The second kappa shape index (κ2) is 11.6. The van der Waals surface area contributed by atoms with Gasteiger partial charge in [0.25, 0.3) is 0 Å². The first-order valence-corrected chi connectivity index (χ1v) is 11.9. The molecule has 33 heavy (non-hydrogen) atoms. The van der Waals surface area contributed by atoms with E-state index in [9.17, 15) is 4.79 Å². The molecule has 2 aliphatic rings. The highest BCUT2D eigenvalue weighted by molar-refractivity contribution is 5.97. The number of carbonyl (C=O) groups is 1. The Hall–Kier alpha value is -2.41. The van der Waals surface area contributed by atoms with Crippen LogP contribution in [0.3, 0.4) is 0 Å². The normalized spacial score (nSPS) is 23.4. The number of ether oxygens (including phenoxy) is 4. The summed E-state index contributed by atoms with van der Waals surface area (Å²) in [6.07, 6.45) is 5.84. The first-order valence-electron chi connectivity index (χ1n) is 11.9. The first kappa shape index (κ1) is 23.7. The predicted octanol–water partition coefficient (Wildman–Crippen LogP) is 4.51. The lowest BCUT2D eigenvalue weighted by Crippen LogP contribution is -2.46. The summed E-state index contributed by atoms with van der Waals surface area (Å²) in [5, 5.41) is 0. The van der Waals surface area contributed by atoms with Crippen LogP contribution in [0.5, 0.6) is 11.5 Å². The molecule has 6 nitrogen and oxygen atoms in total. The molecule has 3 atom stereocenters. The molecule has 1 aliphatic heterocycles. The van der Waals surface area contributed by atoms with E-state index in [2.05, 4.69) is 17.0 Å². The van der Waals surface area contributed by atoms with E-state index in [-0.39, 0.29) is 24.6 Å². The Morgan fingerprint density at radius 3 is 2.52 bits per heavy atom. The maximum atomic E-state index is 12.8. The van der Waals surface area contributed by atoms with Crippen molar-refractivity contribution in [1.82, 2.24) is 4.90 Å². The van der Waals surface area contributed by atoms with Gasteiger partial charge >= 0.3 is 0 Å². The minimum Gasteiger partial charge on any atom is -0.493 e. The highest BCUT2D eigenvalue weighted by Crippen LogP contribution is 2.30. The zero-order chi connectivity index (χ0) is 23.0. The third-order valence-electron chi connectivity index (χ3n) is 6.78. The van der Waals surface area contributed by atoms with E-state index in [0.29, 0.717) is 29.7 Å². The molecule has 1 unspecified atom stereocenters. The molecule has 0 aromatic heterocycles. The molecule has 1 saturated heterocycles. The molecule has 1 saturated carbocycles. The third kappa shape index (κ3) is 6.14. The van der Waals surface area contributed by atoms with Gasteiger partial charge in [-0.15, -0.1) is 0 Å². The molecule has 1 heterocycles. The van der Waals surface area contributed by atoms with Crippen LogP contribution in [0, 0.1) is 0 Å². The van der Waals surface area contributed by atoms with Gasteiger partial charge < -0.3 is 18.9 Å². The van der Waals surface area contributed by atoms with Crippen LogP contribution in [0.2, 0.25) is 0 Å². The van der Waals surface area contributed by atoms with Gasteiger partial charge in [-0.25, -0.2) is 0 Å². The van der Waals surface area contributed by atoms with Gasteiger partial charge in [0.2, 0.25) is 0 Å². The number of nitrogens with zero attached hydrogens (tertiary/aromatic N) is 1. The monoisotopic (exact) mass is 453 g/mol. The topological polar surface area (TPSA) is 57.2 Å². The number of benzene rings is 2. The summed E-state index contributed by atoms with van der Waals surface area (Å²) in [7, 11) is 3.16. The largest absolute Gasteiger partial charge is 0.493 e. The van der Waals surface area contributed by atoms with Crippen molar-refractivity contribution in [2.45, 2.75) is 57.0 Å². The zero-order valence-electron chi connectivity index (χ0n) is 19.7. The fourth-order valence-electron chi connectivity index (χ4n) is 4.94. The Kier molecular flexibility index (Phi) is 8.37. The van der Waals surface area contributed by atoms with E-state index in [4.69, 9.17) is 18.9 Å². The summed E-state index contributed by atoms with van der Waals surface area (Å²) in [6, 6.07) is 15.9. The summed E-state index contributed by atoms with van der Waals surface area (Å²) in [5.41, 5.74) is 1.79. The number of hydrogen-bond donors (Lipinski definition) is 0. The summed E-state index contributed by atoms with van der Waals surface area (Å²) in [6.45, 7) is 2.69. The molecule has 0 spiro atoms. The average molecular weight is 454 g/mol. The Bertz CT molecular complexity index is 903. The van der Waals surface area contributed by atoms with Gasteiger partial charge in [-0.1, -0.05) is 43.2 Å². The van der Waals surface area contributed by atoms with Crippen molar-refractivity contribution in [1.29, 1.82) is 0 Å². The van der Waals surface area contributed by atoms with Crippen LogP contribution >= 0.6 is 0 Å². The average Bonchev–Trinajstić information content (AvgIpc) is 3.35. The molecule has 6 heteroatoms. The van der Waals surface area contributed by atoms with Crippen LogP contribution in [-0.2, 0) is 16.1 Å². The quantitative estimate of drug-likeness (QED) is 0.494. The van der Waals surface area contributed by atoms with Gasteiger partial charge in [0.1, 0.15) is 6.61 Å². The van der Waals surface area contributed by atoms with Crippen molar-refractivity contribution in [2.75, 3.05) is 33.9 Å². The smallest absolute Gasteiger partial charge is 0.188 e. The van der Waals surface area contributed by atoms with E-state index >= 15 is 0 Å². The second-order valence-corrected chi connectivity index (χ2v) is 8.90. The molecule has 0 bridgehead atoms. The third-order valence-corrected chi connectivity index (χ3v) is 6.78. The van der Waals surface area contributed by atoms with E-state index in [0.717, 1.165) is 38.8 Å². The summed E-state index contributed by atoms with van der Waals surface area (Å²) < 4.78 is 23.0. The molecule has 2 aromatic rings. The minimum atomic E-state index is -0.0363. The zero-order valence-corrected chi connectivity index (χ0v) is 19.7. The maximum absolute atomic E-state index is 12.8. The molecular formula is C27H35NO5. The number of likely N-dealkylation sites (tertiary alicyclic amines) is 1. The number of rotatable bonds is 10. The van der Waals surface area contributed by atoms with Crippen LogP contribution in [0.25, 0.3) is 0 Å². The molecule has 0 amide bonds. The number of methoxy groups -OCH3 is 2. The molecule has 178 valence electrons. The Balaban J connectivity index is 1.30. The SMILES string of the molecule is COc1ccc(C(=O)CO[C@@H]2CCCCC2N2CC[C@@H](OCc3ccccc3)C2)cc1OC. The lowest BCUT2D eigenvalue weighted by Gasteiger charge is -2.37. The van der Waals surface area contributed by atoms with Crippen molar-refractivity contribution < 1.29 is 23.7 Å². The van der Waals surface area contributed by atoms with Crippen LogP contribution in [0.1, 0.15) is 48.0 Å². The van der Waals surface area contributed by atoms with Crippen molar-refractivity contribution in [3.63, 3.8) is 0 Å².